The molecule has 3 rings (SSSR count). The van der Waals surface area contributed by atoms with Gasteiger partial charge in [-0.05, 0) is 0 Å². The van der Waals surface area contributed by atoms with Gasteiger partial charge in [-0.1, -0.05) is 0 Å². The molecule has 2 aromatic rings. The summed E-state index contributed by atoms with van der Waals surface area (Å²) >= 11 is 0. The van der Waals surface area contributed by atoms with Gasteiger partial charge in [0.1, 0.15) is 24.1 Å². The van der Waals surface area contributed by atoms with Crippen LogP contribution in [-0.4, -0.2) is 48.5 Å². The van der Waals surface area contributed by atoms with Crippen molar-refractivity contribution in [1.82, 2.24) is 19.5 Å². The molecule has 8 nitrogen and oxygen atoms in total. The molecule has 0 amide bonds. The number of nitrogens with zero attached hydrogens (tertiary/aromatic N) is 4. The number of aromatic nitrogens is 4. The fraction of sp³-hybridized carbons (Fsp3) is 0.364. The third-order valence-corrected chi connectivity index (χ3v) is 3.28. The Hall–Kier alpha value is -2.17. The minimum Gasteiger partial charge on any atom is -0.394 e. The summed E-state index contributed by atoms with van der Waals surface area (Å²) in [5, 5.41) is 18.9. The summed E-state index contributed by atoms with van der Waals surface area (Å²) in [6.07, 6.45) is -3.77. The highest BCUT2D eigenvalue weighted by molar-refractivity contribution is 5.81. The van der Waals surface area contributed by atoms with Crippen molar-refractivity contribution in [3.8, 4) is 0 Å². The molecule has 10 heteroatoms. The Kier molecular flexibility index (Phi) is 3.27. The average Bonchev–Trinajstić information content (AvgIpc) is 3.00. The van der Waals surface area contributed by atoms with Gasteiger partial charge in [0.15, 0.2) is 17.7 Å². The summed E-state index contributed by atoms with van der Waals surface area (Å²) in [4.78, 5) is 11.6. The minimum absolute atomic E-state index is 0.0993. The number of aliphatic hydroxyl groups excluding tert-OH is 2. The van der Waals surface area contributed by atoms with E-state index in [1.54, 1.807) is 0 Å². The number of imidazole rings is 1. The lowest BCUT2D eigenvalue weighted by Gasteiger charge is -2.14. The second-order valence-electron chi connectivity index (χ2n) is 4.45. The molecule has 0 spiro atoms. The van der Waals surface area contributed by atoms with Crippen LogP contribution in [0, 0.1) is 0 Å². The van der Waals surface area contributed by atoms with Crippen molar-refractivity contribution in [2.24, 2.45) is 0 Å². The molecule has 1 aliphatic rings. The highest BCUT2D eigenvalue weighted by Gasteiger charge is 2.43. The van der Waals surface area contributed by atoms with Crippen molar-refractivity contribution in [2.45, 2.75) is 18.4 Å². The first-order valence-corrected chi connectivity index (χ1v) is 5.97. The van der Waals surface area contributed by atoms with Crippen LogP contribution in [0.1, 0.15) is 6.23 Å². The molecule has 1 fully saturated rings. The van der Waals surface area contributed by atoms with Gasteiger partial charge in [-0.15, -0.1) is 0 Å². The summed E-state index contributed by atoms with van der Waals surface area (Å²) < 4.78 is 32.7. The third kappa shape index (κ3) is 2.04. The maximum atomic E-state index is 13.1. The predicted molar refractivity (Wildman–Crippen MR) is 66.0 cm³/mol. The van der Waals surface area contributed by atoms with E-state index in [9.17, 15) is 13.9 Å². The van der Waals surface area contributed by atoms with Crippen molar-refractivity contribution in [2.75, 3.05) is 12.3 Å². The van der Waals surface area contributed by atoms with E-state index >= 15 is 0 Å². The van der Waals surface area contributed by atoms with E-state index in [1.165, 1.54) is 17.2 Å². The Morgan fingerprint density at radius 3 is 2.81 bits per heavy atom. The van der Waals surface area contributed by atoms with Crippen molar-refractivity contribution in [3.05, 3.63) is 24.3 Å². The quantitative estimate of drug-likeness (QED) is 0.703. The van der Waals surface area contributed by atoms with Crippen LogP contribution in [0.2, 0.25) is 0 Å². The first-order valence-electron chi connectivity index (χ1n) is 5.97. The molecule has 1 aliphatic heterocycles. The molecule has 3 heterocycles. The van der Waals surface area contributed by atoms with Crippen LogP contribution in [0.25, 0.3) is 11.2 Å². The smallest absolute Gasteiger partial charge is 0.276 e. The second kappa shape index (κ2) is 4.98. The number of ether oxygens (including phenoxy) is 1. The first-order chi connectivity index (χ1) is 10.0. The van der Waals surface area contributed by atoms with E-state index in [0.717, 1.165) is 0 Å². The number of fused-ring (bicyclic) bond motifs is 1. The number of hydrogen-bond donors (Lipinski definition) is 3. The Bertz CT molecular complexity index is 715. The van der Waals surface area contributed by atoms with Crippen LogP contribution in [-0.2, 0) is 4.74 Å². The largest absolute Gasteiger partial charge is 0.394 e. The molecular weight excluding hydrogens is 288 g/mol. The number of anilines is 1. The van der Waals surface area contributed by atoms with Gasteiger partial charge in [-0.3, -0.25) is 4.57 Å². The lowest BCUT2D eigenvalue weighted by atomic mass is 10.1. The lowest BCUT2D eigenvalue weighted by Crippen LogP contribution is -2.25. The third-order valence-electron chi connectivity index (χ3n) is 3.28. The second-order valence-corrected chi connectivity index (χ2v) is 4.45. The topological polar surface area (TPSA) is 119 Å². The van der Waals surface area contributed by atoms with E-state index in [4.69, 9.17) is 15.6 Å². The van der Waals surface area contributed by atoms with Crippen molar-refractivity contribution >= 4 is 17.0 Å². The van der Waals surface area contributed by atoms with Crippen LogP contribution in [0.15, 0.2) is 24.3 Å². The van der Waals surface area contributed by atoms with Gasteiger partial charge in [-0.25, -0.2) is 15.0 Å². The predicted octanol–water partition coefficient (Wildman–Crippen LogP) is -0.190. The number of nitrogen functional groups attached to an aromatic ring is 1. The van der Waals surface area contributed by atoms with E-state index in [2.05, 4.69) is 15.0 Å². The SMILES string of the molecule is Nc1ncnc2c1ncn2[C@@H]1O[C@H](CO)C(O)C1=C(F)F. The van der Waals surface area contributed by atoms with E-state index in [-0.39, 0.29) is 17.0 Å². The van der Waals surface area contributed by atoms with Crippen LogP contribution in [0.4, 0.5) is 14.6 Å². The normalized spacial score (nSPS) is 25.7. The Morgan fingerprint density at radius 1 is 1.38 bits per heavy atom. The monoisotopic (exact) mass is 299 g/mol. The van der Waals surface area contributed by atoms with Crippen molar-refractivity contribution in [1.29, 1.82) is 0 Å². The summed E-state index contributed by atoms with van der Waals surface area (Å²) in [7, 11) is 0. The van der Waals surface area contributed by atoms with Gasteiger partial charge < -0.3 is 20.7 Å². The number of hydrogen-bond acceptors (Lipinski definition) is 7. The maximum absolute atomic E-state index is 13.1. The highest BCUT2D eigenvalue weighted by Crippen LogP contribution is 2.38. The van der Waals surface area contributed by atoms with Gasteiger partial charge in [-0.2, -0.15) is 8.78 Å². The lowest BCUT2D eigenvalue weighted by molar-refractivity contribution is -0.0423. The minimum atomic E-state index is -2.08. The summed E-state index contributed by atoms with van der Waals surface area (Å²) in [6.45, 7) is -0.599. The summed E-state index contributed by atoms with van der Waals surface area (Å²) in [5.74, 6) is 0.0993. The molecule has 4 N–H and O–H groups in total. The molecule has 21 heavy (non-hydrogen) atoms. The Morgan fingerprint density at radius 2 is 2.14 bits per heavy atom. The first kappa shape index (κ1) is 13.8. The van der Waals surface area contributed by atoms with Crippen LogP contribution in [0.5, 0.6) is 0 Å². The zero-order valence-corrected chi connectivity index (χ0v) is 10.5. The number of nitrogens with two attached hydrogens (primary N) is 1. The van der Waals surface area contributed by atoms with Crippen LogP contribution >= 0.6 is 0 Å². The van der Waals surface area contributed by atoms with Crippen LogP contribution in [0.3, 0.4) is 0 Å². The Labute approximate surface area is 116 Å². The van der Waals surface area contributed by atoms with Gasteiger partial charge in [0.25, 0.3) is 6.08 Å². The zero-order valence-electron chi connectivity index (χ0n) is 10.5. The molecule has 1 saturated heterocycles. The van der Waals surface area contributed by atoms with Gasteiger partial charge >= 0.3 is 0 Å². The van der Waals surface area contributed by atoms with Gasteiger partial charge in [0.05, 0.1) is 18.5 Å². The summed E-state index contributed by atoms with van der Waals surface area (Å²) in [6, 6.07) is 0. The molecule has 0 aliphatic carbocycles. The molecule has 2 aromatic heterocycles. The molecule has 1 unspecified atom stereocenters. The maximum Gasteiger partial charge on any atom is 0.276 e. The van der Waals surface area contributed by atoms with E-state index in [1.807, 2.05) is 0 Å². The molecule has 0 saturated carbocycles. The summed E-state index contributed by atoms with van der Waals surface area (Å²) in [5.41, 5.74) is 5.42. The fourth-order valence-corrected chi connectivity index (χ4v) is 2.26. The fourth-order valence-electron chi connectivity index (χ4n) is 2.26. The zero-order chi connectivity index (χ0) is 15.1. The number of halogens is 2. The van der Waals surface area contributed by atoms with Gasteiger partial charge in [0, 0.05) is 0 Å². The standard InChI is InChI=1S/C11H11F2N5O3/c12-8(13)5-7(20)4(1-19)21-11(5)18-3-17-6-9(14)15-2-16-10(6)18/h2-4,7,11,19-20H,1H2,(H2,14,15,16)/t4-,7?,11-/m1/s1. The van der Waals surface area contributed by atoms with Crippen molar-refractivity contribution in [3.63, 3.8) is 0 Å². The van der Waals surface area contributed by atoms with Crippen LogP contribution < -0.4 is 5.73 Å². The molecule has 112 valence electrons. The molecule has 0 bridgehead atoms. The number of aliphatic hydroxyl groups is 2. The molecular formula is C11H11F2N5O3. The van der Waals surface area contributed by atoms with Gasteiger partial charge in [0.2, 0.25) is 0 Å². The Balaban J connectivity index is 2.14. The average molecular weight is 299 g/mol. The van der Waals surface area contributed by atoms with Crippen molar-refractivity contribution < 1.29 is 23.7 Å². The number of rotatable bonds is 2. The van der Waals surface area contributed by atoms with E-state index in [0.29, 0.717) is 0 Å². The van der Waals surface area contributed by atoms with E-state index < -0.39 is 36.7 Å². The highest BCUT2D eigenvalue weighted by atomic mass is 19.3. The molecule has 0 aromatic carbocycles. The molecule has 3 atom stereocenters. The molecule has 0 radical (unpaired) electrons.